The van der Waals surface area contributed by atoms with Crippen LogP contribution in [0, 0.1) is 0 Å². The van der Waals surface area contributed by atoms with Crippen molar-refractivity contribution < 1.29 is 9.53 Å². The van der Waals surface area contributed by atoms with Crippen LogP contribution in [-0.4, -0.2) is 43.2 Å². The zero-order valence-electron chi connectivity index (χ0n) is 10.3. The summed E-state index contributed by atoms with van der Waals surface area (Å²) < 4.78 is 5.98. The van der Waals surface area contributed by atoms with E-state index in [1.54, 1.807) is 19.2 Å². The van der Waals surface area contributed by atoms with Crippen molar-refractivity contribution >= 4 is 28.8 Å². The van der Waals surface area contributed by atoms with E-state index in [4.69, 9.17) is 22.1 Å². The van der Waals surface area contributed by atoms with Crippen LogP contribution in [-0.2, 0) is 4.74 Å². The van der Waals surface area contributed by atoms with Gasteiger partial charge in [-0.1, -0.05) is 11.6 Å². The monoisotopic (exact) mass is 288 g/mol. The van der Waals surface area contributed by atoms with Crippen LogP contribution in [0.1, 0.15) is 22.5 Å². The Bertz CT molecular complexity index is 424. The van der Waals surface area contributed by atoms with E-state index in [9.17, 15) is 4.79 Å². The van der Waals surface area contributed by atoms with Gasteiger partial charge < -0.3 is 15.4 Å². The van der Waals surface area contributed by atoms with Gasteiger partial charge in [0.2, 0.25) is 0 Å². The Hall–Kier alpha value is -0.620. The van der Waals surface area contributed by atoms with Crippen LogP contribution in [0.3, 0.4) is 0 Å². The van der Waals surface area contributed by atoms with Gasteiger partial charge in [-0.15, -0.1) is 11.3 Å². The topological polar surface area (TPSA) is 55.6 Å². The molecule has 2 unspecified atom stereocenters. The molecule has 0 radical (unpaired) electrons. The highest BCUT2D eigenvalue weighted by Crippen LogP contribution is 2.26. The number of methoxy groups -OCH3 is 1. The van der Waals surface area contributed by atoms with Gasteiger partial charge in [0.15, 0.2) is 0 Å². The maximum atomic E-state index is 12.4. The van der Waals surface area contributed by atoms with Crippen molar-refractivity contribution in [2.75, 3.05) is 20.2 Å². The molecular weight excluding hydrogens is 272 g/mol. The fraction of sp³-hybridized carbons (Fsp3) is 0.583. The fourth-order valence-corrected chi connectivity index (χ4v) is 3.29. The predicted molar refractivity (Wildman–Crippen MR) is 73.2 cm³/mol. The molecule has 0 bridgehead atoms. The van der Waals surface area contributed by atoms with E-state index in [1.807, 2.05) is 4.90 Å². The van der Waals surface area contributed by atoms with Crippen molar-refractivity contribution in [1.82, 2.24) is 4.90 Å². The molecule has 4 nitrogen and oxygen atoms in total. The molecule has 1 saturated heterocycles. The first-order valence-corrected chi connectivity index (χ1v) is 7.14. The van der Waals surface area contributed by atoms with E-state index in [1.165, 1.54) is 11.3 Å². The predicted octanol–water partition coefficient (Wildman–Crippen LogP) is 1.98. The fourth-order valence-electron chi connectivity index (χ4n) is 2.29. The Morgan fingerprint density at radius 2 is 2.44 bits per heavy atom. The highest BCUT2D eigenvalue weighted by molar-refractivity contribution is 7.17. The Labute approximate surface area is 116 Å². The highest BCUT2D eigenvalue weighted by Gasteiger charge is 2.31. The third-order valence-electron chi connectivity index (χ3n) is 3.32. The molecule has 6 heteroatoms. The number of ether oxygens (including phenoxy) is 1. The maximum Gasteiger partial charge on any atom is 0.264 e. The van der Waals surface area contributed by atoms with E-state index in [0.29, 0.717) is 22.3 Å². The molecule has 1 amide bonds. The molecule has 1 fully saturated rings. The number of nitrogens with two attached hydrogens (primary N) is 1. The summed E-state index contributed by atoms with van der Waals surface area (Å²) in [5.41, 5.74) is 5.76. The molecule has 0 saturated carbocycles. The lowest BCUT2D eigenvalue weighted by atomic mass is 9.99. The van der Waals surface area contributed by atoms with Crippen molar-refractivity contribution in [3.63, 3.8) is 0 Å². The lowest BCUT2D eigenvalue weighted by Gasteiger charge is -2.38. The second kappa shape index (κ2) is 6.02. The van der Waals surface area contributed by atoms with Crippen LogP contribution in [0.5, 0.6) is 0 Å². The van der Waals surface area contributed by atoms with Crippen LogP contribution in [0.15, 0.2) is 12.1 Å². The Kier molecular flexibility index (Phi) is 4.61. The second-order valence-electron chi connectivity index (χ2n) is 4.37. The standard InChI is InChI=1S/C12H17ClN2O2S/c1-17-9-4-5-15(8(6-9)7-14)12(16)10-2-3-11(13)18-10/h2-3,8-9H,4-7,14H2,1H3. The Morgan fingerprint density at radius 3 is 3.00 bits per heavy atom. The Balaban J connectivity index is 2.10. The smallest absolute Gasteiger partial charge is 0.264 e. The minimum absolute atomic E-state index is 0.0249. The average Bonchev–Trinajstić information content (AvgIpc) is 2.83. The van der Waals surface area contributed by atoms with Gasteiger partial charge in [0, 0.05) is 26.2 Å². The highest BCUT2D eigenvalue weighted by atomic mass is 35.5. The first-order valence-electron chi connectivity index (χ1n) is 5.95. The Morgan fingerprint density at radius 1 is 1.67 bits per heavy atom. The molecule has 2 rings (SSSR count). The molecule has 100 valence electrons. The number of amides is 1. The molecule has 2 heterocycles. The molecular formula is C12H17ClN2O2S. The van der Waals surface area contributed by atoms with Crippen molar-refractivity contribution in [2.45, 2.75) is 25.0 Å². The second-order valence-corrected chi connectivity index (χ2v) is 6.09. The number of carbonyl (C=O) groups excluding carboxylic acids is 1. The van der Waals surface area contributed by atoms with Crippen LogP contribution < -0.4 is 5.73 Å². The van der Waals surface area contributed by atoms with Crippen molar-refractivity contribution in [3.05, 3.63) is 21.3 Å². The molecule has 1 aliphatic heterocycles. The number of thiophene rings is 1. The van der Waals surface area contributed by atoms with Gasteiger partial charge in [-0.3, -0.25) is 4.79 Å². The zero-order chi connectivity index (χ0) is 13.1. The zero-order valence-corrected chi connectivity index (χ0v) is 11.8. The summed E-state index contributed by atoms with van der Waals surface area (Å²) in [4.78, 5) is 14.9. The number of carbonyl (C=O) groups is 1. The first kappa shape index (κ1) is 13.8. The minimum atomic E-state index is 0.0249. The molecule has 0 spiro atoms. The number of rotatable bonds is 3. The van der Waals surface area contributed by atoms with E-state index >= 15 is 0 Å². The first-order chi connectivity index (χ1) is 8.65. The summed E-state index contributed by atoms with van der Waals surface area (Å²) >= 11 is 7.17. The number of hydrogen-bond donors (Lipinski definition) is 1. The van der Waals surface area contributed by atoms with Crippen molar-refractivity contribution in [3.8, 4) is 0 Å². The van der Waals surface area contributed by atoms with Crippen LogP contribution in [0.2, 0.25) is 4.34 Å². The van der Waals surface area contributed by atoms with E-state index < -0.39 is 0 Å². The minimum Gasteiger partial charge on any atom is -0.381 e. The molecule has 1 aliphatic rings. The van der Waals surface area contributed by atoms with Gasteiger partial charge in [0.05, 0.1) is 15.3 Å². The lowest BCUT2D eigenvalue weighted by Crippen LogP contribution is -2.51. The SMILES string of the molecule is COC1CCN(C(=O)c2ccc(Cl)s2)C(CN)C1. The molecule has 0 aliphatic carbocycles. The van der Waals surface area contributed by atoms with Gasteiger partial charge in [-0.2, -0.15) is 0 Å². The molecule has 0 aromatic carbocycles. The summed E-state index contributed by atoms with van der Waals surface area (Å²) in [7, 11) is 1.70. The van der Waals surface area contributed by atoms with Gasteiger partial charge in [0.1, 0.15) is 0 Å². The summed E-state index contributed by atoms with van der Waals surface area (Å²) in [6.07, 6.45) is 1.87. The van der Waals surface area contributed by atoms with Gasteiger partial charge in [0.25, 0.3) is 5.91 Å². The molecule has 1 aromatic heterocycles. The van der Waals surface area contributed by atoms with Crippen molar-refractivity contribution in [1.29, 1.82) is 0 Å². The molecule has 18 heavy (non-hydrogen) atoms. The van der Waals surface area contributed by atoms with Crippen LogP contribution in [0.4, 0.5) is 0 Å². The third kappa shape index (κ3) is 2.85. The maximum absolute atomic E-state index is 12.4. The van der Waals surface area contributed by atoms with Gasteiger partial charge in [-0.25, -0.2) is 0 Å². The third-order valence-corrected chi connectivity index (χ3v) is 4.54. The largest absolute Gasteiger partial charge is 0.381 e. The molecule has 2 atom stereocenters. The van der Waals surface area contributed by atoms with Crippen molar-refractivity contribution in [2.24, 2.45) is 5.73 Å². The molecule has 1 aromatic rings. The number of halogens is 1. The van der Waals surface area contributed by atoms with Gasteiger partial charge in [-0.05, 0) is 25.0 Å². The van der Waals surface area contributed by atoms with Crippen LogP contribution >= 0.6 is 22.9 Å². The van der Waals surface area contributed by atoms with Crippen LogP contribution in [0.25, 0.3) is 0 Å². The average molecular weight is 289 g/mol. The van der Waals surface area contributed by atoms with Gasteiger partial charge >= 0.3 is 0 Å². The van der Waals surface area contributed by atoms with E-state index in [0.717, 1.165) is 12.8 Å². The summed E-state index contributed by atoms with van der Waals surface area (Å²) in [5, 5.41) is 0. The summed E-state index contributed by atoms with van der Waals surface area (Å²) in [5.74, 6) is 0.0249. The summed E-state index contributed by atoms with van der Waals surface area (Å²) in [6, 6.07) is 3.57. The number of piperidine rings is 1. The normalized spacial score (nSPS) is 24.3. The lowest BCUT2D eigenvalue weighted by molar-refractivity contribution is 0.0141. The van der Waals surface area contributed by atoms with E-state index in [-0.39, 0.29) is 18.1 Å². The molecule has 2 N–H and O–H groups in total. The number of likely N-dealkylation sites (tertiary alicyclic amines) is 1. The van der Waals surface area contributed by atoms with E-state index in [2.05, 4.69) is 0 Å². The number of nitrogens with zero attached hydrogens (tertiary/aromatic N) is 1. The summed E-state index contributed by atoms with van der Waals surface area (Å²) in [6.45, 7) is 1.15. The number of hydrogen-bond acceptors (Lipinski definition) is 4. The quantitative estimate of drug-likeness (QED) is 0.925.